The largest absolute Gasteiger partial charge is 0.492 e. The molecule has 2 heterocycles. The SMILES string of the molecule is NC1=NS(=O)(=O)Nc2cccc(OC[C@H]3CCCN(C(=O)c4ccccc4OI)C3)c21. The zero-order valence-electron chi connectivity index (χ0n) is 16.5. The van der Waals surface area contributed by atoms with Gasteiger partial charge in [-0.25, -0.2) is 0 Å². The minimum Gasteiger partial charge on any atom is -0.492 e. The predicted octanol–water partition coefficient (Wildman–Crippen LogP) is 2.72. The van der Waals surface area contributed by atoms with Crippen LogP contribution >= 0.6 is 23.0 Å². The van der Waals surface area contributed by atoms with Gasteiger partial charge in [0.25, 0.3) is 5.91 Å². The number of halogens is 1. The fourth-order valence-electron chi connectivity index (χ4n) is 3.81. The number of nitrogens with one attached hydrogen (secondary N) is 1. The molecule has 2 aliphatic rings. The number of amides is 1. The van der Waals surface area contributed by atoms with Crippen molar-refractivity contribution in [3.63, 3.8) is 0 Å². The molecule has 31 heavy (non-hydrogen) atoms. The summed E-state index contributed by atoms with van der Waals surface area (Å²) in [6.07, 6.45) is 1.78. The van der Waals surface area contributed by atoms with Crippen molar-refractivity contribution in [2.45, 2.75) is 12.8 Å². The summed E-state index contributed by atoms with van der Waals surface area (Å²) in [7, 11) is -3.84. The van der Waals surface area contributed by atoms with Crippen LogP contribution in [0.3, 0.4) is 0 Å². The summed E-state index contributed by atoms with van der Waals surface area (Å²) in [6, 6.07) is 12.2. The van der Waals surface area contributed by atoms with E-state index in [0.29, 0.717) is 48.0 Å². The molecule has 0 spiro atoms. The molecule has 2 aromatic carbocycles. The van der Waals surface area contributed by atoms with E-state index in [1.807, 2.05) is 17.0 Å². The van der Waals surface area contributed by atoms with Gasteiger partial charge in [0.15, 0.2) is 28.8 Å². The van der Waals surface area contributed by atoms with Crippen molar-refractivity contribution in [1.82, 2.24) is 4.90 Å². The van der Waals surface area contributed by atoms with Crippen molar-refractivity contribution in [2.24, 2.45) is 16.0 Å². The van der Waals surface area contributed by atoms with Crippen LogP contribution in [-0.4, -0.2) is 44.8 Å². The molecular formula is C20H21IN4O5S. The molecule has 0 bridgehead atoms. The van der Waals surface area contributed by atoms with E-state index in [1.54, 1.807) is 53.3 Å². The molecule has 11 heteroatoms. The number of hydrogen-bond donors (Lipinski definition) is 2. The average Bonchev–Trinajstić information content (AvgIpc) is 2.76. The summed E-state index contributed by atoms with van der Waals surface area (Å²) >= 11 is 1.77. The molecule has 0 radical (unpaired) electrons. The Bertz CT molecular complexity index is 1140. The molecule has 0 aromatic heterocycles. The number of carbonyl (C=O) groups is 1. The number of ether oxygens (including phenoxy) is 1. The molecule has 0 saturated carbocycles. The van der Waals surface area contributed by atoms with Crippen LogP contribution in [0, 0.1) is 5.92 Å². The second-order valence-electron chi connectivity index (χ2n) is 7.38. The summed E-state index contributed by atoms with van der Waals surface area (Å²) in [5.74, 6) is 0.938. The van der Waals surface area contributed by atoms with Gasteiger partial charge >= 0.3 is 10.2 Å². The lowest BCUT2D eigenvalue weighted by Gasteiger charge is -2.33. The van der Waals surface area contributed by atoms with Gasteiger partial charge in [-0.15, -0.1) is 4.40 Å². The van der Waals surface area contributed by atoms with Gasteiger partial charge in [-0.3, -0.25) is 9.52 Å². The molecule has 3 N–H and O–H groups in total. The van der Waals surface area contributed by atoms with Crippen molar-refractivity contribution >= 4 is 50.6 Å². The Morgan fingerprint density at radius 2 is 2.00 bits per heavy atom. The molecule has 2 aliphatic heterocycles. The van der Waals surface area contributed by atoms with Gasteiger partial charge in [0.1, 0.15) is 11.5 Å². The van der Waals surface area contributed by atoms with Crippen molar-refractivity contribution in [2.75, 3.05) is 24.4 Å². The Balaban J connectivity index is 1.45. The van der Waals surface area contributed by atoms with Crippen molar-refractivity contribution < 1.29 is 21.0 Å². The Morgan fingerprint density at radius 1 is 1.23 bits per heavy atom. The molecule has 4 rings (SSSR count). The fraction of sp³-hybridized carbons (Fsp3) is 0.300. The smallest absolute Gasteiger partial charge is 0.344 e. The average molecular weight is 556 g/mol. The summed E-state index contributed by atoms with van der Waals surface area (Å²) in [6.45, 7) is 1.59. The second kappa shape index (κ2) is 8.91. The van der Waals surface area contributed by atoms with Crippen molar-refractivity contribution in [3.8, 4) is 11.5 Å². The number of nitrogens with two attached hydrogens (primary N) is 1. The Morgan fingerprint density at radius 3 is 2.81 bits per heavy atom. The zero-order valence-corrected chi connectivity index (χ0v) is 19.4. The zero-order chi connectivity index (χ0) is 22.0. The monoisotopic (exact) mass is 556 g/mol. The van der Waals surface area contributed by atoms with E-state index in [9.17, 15) is 13.2 Å². The van der Waals surface area contributed by atoms with Crippen LogP contribution in [0.5, 0.6) is 11.5 Å². The van der Waals surface area contributed by atoms with Gasteiger partial charge in [-0.05, 0) is 37.1 Å². The first-order valence-electron chi connectivity index (χ1n) is 9.69. The highest BCUT2D eigenvalue weighted by Crippen LogP contribution is 2.31. The molecule has 1 fully saturated rings. The van der Waals surface area contributed by atoms with Crippen molar-refractivity contribution in [1.29, 1.82) is 0 Å². The van der Waals surface area contributed by atoms with Crippen LogP contribution in [0.1, 0.15) is 28.8 Å². The molecule has 1 saturated heterocycles. The summed E-state index contributed by atoms with van der Waals surface area (Å²) < 4.78 is 40.6. The second-order valence-corrected chi connectivity index (χ2v) is 9.15. The maximum Gasteiger partial charge on any atom is 0.344 e. The number of amidine groups is 1. The Kier molecular flexibility index (Phi) is 6.23. The maximum absolute atomic E-state index is 13.0. The van der Waals surface area contributed by atoms with Crippen LogP contribution in [-0.2, 0) is 10.2 Å². The van der Waals surface area contributed by atoms with Crippen LogP contribution in [0.4, 0.5) is 5.69 Å². The van der Waals surface area contributed by atoms with Gasteiger partial charge in [-0.1, -0.05) is 18.2 Å². The molecule has 164 valence electrons. The van der Waals surface area contributed by atoms with Crippen LogP contribution in [0.15, 0.2) is 46.9 Å². The summed E-state index contributed by atoms with van der Waals surface area (Å²) in [4.78, 5) is 14.8. The number of rotatable bonds is 5. The number of para-hydroxylation sites is 1. The van der Waals surface area contributed by atoms with E-state index in [-0.39, 0.29) is 17.7 Å². The summed E-state index contributed by atoms with van der Waals surface area (Å²) in [5, 5.41) is 0. The number of piperidine rings is 1. The number of nitrogens with zero attached hydrogens (tertiary/aromatic N) is 2. The lowest BCUT2D eigenvalue weighted by Crippen LogP contribution is -2.41. The van der Waals surface area contributed by atoms with E-state index in [0.717, 1.165) is 12.8 Å². The highest BCUT2D eigenvalue weighted by atomic mass is 127. The molecule has 0 aliphatic carbocycles. The number of likely N-dealkylation sites (tertiary alicyclic amines) is 1. The van der Waals surface area contributed by atoms with E-state index < -0.39 is 10.2 Å². The lowest BCUT2D eigenvalue weighted by atomic mass is 9.98. The normalized spacial score (nSPS) is 19.6. The molecular weight excluding hydrogens is 535 g/mol. The third-order valence-electron chi connectivity index (χ3n) is 5.22. The van der Waals surface area contributed by atoms with Gasteiger partial charge in [0.05, 0.1) is 23.4 Å². The van der Waals surface area contributed by atoms with Crippen LogP contribution in [0.25, 0.3) is 0 Å². The Hall–Kier alpha value is -2.54. The first-order valence-corrected chi connectivity index (χ1v) is 12.0. The van der Waals surface area contributed by atoms with Crippen LogP contribution in [0.2, 0.25) is 0 Å². The van der Waals surface area contributed by atoms with E-state index in [4.69, 9.17) is 13.5 Å². The number of carbonyl (C=O) groups excluding carboxylic acids is 1. The molecule has 9 nitrogen and oxygen atoms in total. The number of fused-ring (bicyclic) bond motifs is 1. The summed E-state index contributed by atoms with van der Waals surface area (Å²) in [5.41, 5.74) is 7.16. The molecule has 0 unspecified atom stereocenters. The van der Waals surface area contributed by atoms with Gasteiger partial charge in [0, 0.05) is 19.0 Å². The van der Waals surface area contributed by atoms with Crippen molar-refractivity contribution in [3.05, 3.63) is 53.6 Å². The third kappa shape index (κ3) is 4.71. The van der Waals surface area contributed by atoms with Gasteiger partial charge in [-0.2, -0.15) is 8.42 Å². The maximum atomic E-state index is 13.0. The molecule has 1 atom stereocenters. The highest BCUT2D eigenvalue weighted by Gasteiger charge is 2.28. The van der Waals surface area contributed by atoms with E-state index >= 15 is 0 Å². The number of benzene rings is 2. The molecule has 1 amide bonds. The first kappa shape index (κ1) is 21.7. The van der Waals surface area contributed by atoms with Gasteiger partial charge in [0.2, 0.25) is 0 Å². The first-order chi connectivity index (χ1) is 14.9. The quantitative estimate of drug-likeness (QED) is 0.547. The lowest BCUT2D eigenvalue weighted by molar-refractivity contribution is 0.0632. The van der Waals surface area contributed by atoms with Crippen LogP contribution < -0.4 is 18.3 Å². The Labute approximate surface area is 194 Å². The minimum atomic E-state index is -3.84. The highest BCUT2D eigenvalue weighted by molar-refractivity contribution is 14.1. The molecule has 2 aromatic rings. The van der Waals surface area contributed by atoms with Gasteiger partial charge < -0.3 is 18.4 Å². The topological polar surface area (TPSA) is 123 Å². The third-order valence-corrected chi connectivity index (χ3v) is 6.61. The minimum absolute atomic E-state index is 0.0696. The standard InChI is InChI=1S/C20H21IN4O5S/c21-30-16-8-2-1-6-14(16)20(26)25-10-4-5-13(11-25)12-29-17-9-3-7-15-18(17)19(22)24-31(27,28)23-15/h1-3,6-9,13,23H,4-5,10-12H2,(H2,22,24)/t13-/m0/s1. The van der Waals surface area contributed by atoms with E-state index in [2.05, 4.69) is 9.12 Å². The number of hydrogen-bond acceptors (Lipinski definition) is 6. The fourth-order valence-corrected chi connectivity index (χ4v) is 5.04. The van der Waals surface area contributed by atoms with E-state index in [1.165, 1.54) is 0 Å². The number of anilines is 1. The predicted molar refractivity (Wildman–Crippen MR) is 125 cm³/mol.